The van der Waals surface area contributed by atoms with Crippen LogP contribution in [-0.2, 0) is 15.4 Å². The van der Waals surface area contributed by atoms with Crippen molar-refractivity contribution < 1.29 is 17.9 Å². The lowest BCUT2D eigenvalue weighted by atomic mass is 9.86. The Bertz CT molecular complexity index is 1550. The Kier molecular flexibility index (Phi) is 7.65. The number of hydrogen-bond acceptors (Lipinski definition) is 8. The summed E-state index contributed by atoms with van der Waals surface area (Å²) in [5.41, 5.74) is 5.16. The molecule has 4 rings (SSSR count). The minimum atomic E-state index is -3.59. The number of carbonyl (C=O) groups excluding carboxylic acids is 1. The van der Waals surface area contributed by atoms with Crippen LogP contribution < -0.4 is 19.8 Å². The third kappa shape index (κ3) is 6.36. The van der Waals surface area contributed by atoms with Crippen molar-refractivity contribution in [2.24, 2.45) is 10.3 Å². The molecule has 1 aliphatic heterocycles. The van der Waals surface area contributed by atoms with Gasteiger partial charge in [0, 0.05) is 23.0 Å². The Balaban J connectivity index is 1.64. The molecule has 0 saturated carbocycles. The molecule has 10 nitrogen and oxygen atoms in total. The maximum atomic E-state index is 13.5. The summed E-state index contributed by atoms with van der Waals surface area (Å²) in [6.07, 6.45) is 2.82. The van der Waals surface area contributed by atoms with Gasteiger partial charge >= 0.3 is 0 Å². The molecule has 0 saturated heterocycles. The van der Waals surface area contributed by atoms with E-state index in [1.807, 2.05) is 52.8 Å². The zero-order valence-corrected chi connectivity index (χ0v) is 24.0. The van der Waals surface area contributed by atoms with Gasteiger partial charge in [-0.15, -0.1) is 0 Å². The van der Waals surface area contributed by atoms with E-state index in [0.717, 1.165) is 34.3 Å². The van der Waals surface area contributed by atoms with Crippen molar-refractivity contribution in [1.82, 2.24) is 4.98 Å². The van der Waals surface area contributed by atoms with Crippen LogP contribution in [-0.4, -0.2) is 39.2 Å². The quantitative estimate of drug-likeness (QED) is 0.397. The average Bonchev–Trinajstić information content (AvgIpc) is 3.32. The Morgan fingerprint density at radius 1 is 1.10 bits per heavy atom. The number of pyridine rings is 1. The molecule has 1 aromatic heterocycles. The zero-order chi connectivity index (χ0) is 28.5. The predicted octanol–water partition coefficient (Wildman–Crippen LogP) is 5.56. The van der Waals surface area contributed by atoms with Gasteiger partial charge in [-0.3, -0.25) is 14.5 Å². The number of carbonyl (C=O) groups is 1. The predicted molar refractivity (Wildman–Crippen MR) is 153 cm³/mol. The molecule has 0 aliphatic carbocycles. The summed E-state index contributed by atoms with van der Waals surface area (Å²) in [7, 11) is -2.16. The summed E-state index contributed by atoms with van der Waals surface area (Å²) in [5.74, 6) is -0.154. The van der Waals surface area contributed by atoms with Gasteiger partial charge in [-0.25, -0.2) is 13.4 Å². The number of ether oxygens (including phenoxy) is 1. The van der Waals surface area contributed by atoms with Gasteiger partial charge in [0.05, 0.1) is 37.0 Å². The minimum absolute atomic E-state index is 0.152. The van der Waals surface area contributed by atoms with E-state index in [1.54, 1.807) is 35.5 Å². The summed E-state index contributed by atoms with van der Waals surface area (Å²) in [6, 6.07) is 12.6. The number of anilines is 3. The van der Waals surface area contributed by atoms with E-state index in [1.165, 1.54) is 7.11 Å². The molecule has 2 heterocycles. The Morgan fingerprint density at radius 3 is 2.46 bits per heavy atom. The lowest BCUT2D eigenvalue weighted by molar-refractivity contribution is 0.102. The normalized spacial score (nSPS) is 15.4. The van der Waals surface area contributed by atoms with Crippen LogP contribution in [0, 0.1) is 13.8 Å². The molecule has 3 aromatic rings. The van der Waals surface area contributed by atoms with Crippen LogP contribution in [0.4, 0.5) is 17.1 Å². The highest BCUT2D eigenvalue weighted by atomic mass is 32.2. The molecule has 206 valence electrons. The summed E-state index contributed by atoms with van der Waals surface area (Å²) in [6.45, 7) is 10.4. The minimum Gasteiger partial charge on any atom is -0.492 e. The van der Waals surface area contributed by atoms with Gasteiger partial charge in [-0.05, 0) is 60.7 Å². The van der Waals surface area contributed by atoms with Crippen molar-refractivity contribution in [3.8, 4) is 5.75 Å². The third-order valence-corrected chi connectivity index (χ3v) is 7.09. The van der Waals surface area contributed by atoms with E-state index < -0.39 is 10.0 Å². The van der Waals surface area contributed by atoms with Gasteiger partial charge in [-0.1, -0.05) is 38.1 Å². The highest BCUT2D eigenvalue weighted by Gasteiger charge is 2.26. The van der Waals surface area contributed by atoms with Crippen molar-refractivity contribution in [2.45, 2.75) is 46.1 Å². The fourth-order valence-corrected chi connectivity index (χ4v) is 4.94. The molecule has 1 aliphatic rings. The molecule has 11 heteroatoms. The van der Waals surface area contributed by atoms with E-state index in [0.29, 0.717) is 17.8 Å². The van der Waals surface area contributed by atoms with Crippen molar-refractivity contribution in [1.29, 1.82) is 0 Å². The number of rotatable bonds is 7. The van der Waals surface area contributed by atoms with Gasteiger partial charge in [0.2, 0.25) is 10.0 Å². The summed E-state index contributed by atoms with van der Waals surface area (Å²) >= 11 is 0. The van der Waals surface area contributed by atoms with Crippen molar-refractivity contribution in [2.75, 3.05) is 35.0 Å². The highest BCUT2D eigenvalue weighted by Crippen LogP contribution is 2.39. The maximum Gasteiger partial charge on any atom is 0.255 e. The van der Waals surface area contributed by atoms with Crippen LogP contribution >= 0.6 is 0 Å². The van der Waals surface area contributed by atoms with Crippen LogP contribution in [0.25, 0.3) is 0 Å². The van der Waals surface area contributed by atoms with Gasteiger partial charge < -0.3 is 10.1 Å². The number of methoxy groups -OCH3 is 1. The Morgan fingerprint density at radius 2 is 1.82 bits per heavy atom. The number of nitrogens with zero attached hydrogens (tertiary/aromatic N) is 4. The van der Waals surface area contributed by atoms with Crippen molar-refractivity contribution in [3.05, 3.63) is 76.6 Å². The van der Waals surface area contributed by atoms with Gasteiger partial charge in [0.15, 0.2) is 5.75 Å². The number of sulfonamides is 1. The fourth-order valence-electron chi connectivity index (χ4n) is 4.39. The first-order valence-electron chi connectivity index (χ1n) is 12.5. The summed E-state index contributed by atoms with van der Waals surface area (Å²) in [5, 5.41) is 13.5. The number of aromatic nitrogens is 1. The molecule has 2 N–H and O–H groups in total. The van der Waals surface area contributed by atoms with Gasteiger partial charge in [0.1, 0.15) is 6.04 Å². The molecular formula is C28H34N6O4S. The Labute approximate surface area is 229 Å². The number of hydrogen-bond donors (Lipinski definition) is 2. The molecule has 0 radical (unpaired) electrons. The molecule has 0 fully saturated rings. The molecule has 2 aromatic carbocycles. The smallest absolute Gasteiger partial charge is 0.255 e. The zero-order valence-electron chi connectivity index (χ0n) is 23.2. The molecule has 1 unspecified atom stereocenters. The van der Waals surface area contributed by atoms with Crippen LogP contribution in [0.2, 0.25) is 0 Å². The number of aryl methyl sites for hydroxylation is 2. The molecule has 1 amide bonds. The molecule has 39 heavy (non-hydrogen) atoms. The molecule has 0 bridgehead atoms. The monoisotopic (exact) mass is 550 g/mol. The summed E-state index contributed by atoms with van der Waals surface area (Å²) < 4.78 is 32.1. The topological polar surface area (TPSA) is 125 Å². The first-order chi connectivity index (χ1) is 18.3. The molecular weight excluding hydrogens is 516 g/mol. The van der Waals surface area contributed by atoms with E-state index in [-0.39, 0.29) is 28.8 Å². The second-order valence-electron chi connectivity index (χ2n) is 10.7. The maximum absolute atomic E-state index is 13.5. The first kappa shape index (κ1) is 28.0. The van der Waals surface area contributed by atoms with Gasteiger partial charge in [-0.2, -0.15) is 5.11 Å². The highest BCUT2D eigenvalue weighted by molar-refractivity contribution is 7.92. The van der Waals surface area contributed by atoms with Crippen LogP contribution in [0.5, 0.6) is 5.75 Å². The van der Waals surface area contributed by atoms with Crippen LogP contribution in [0.1, 0.15) is 59.6 Å². The average molecular weight is 551 g/mol. The first-order valence-corrected chi connectivity index (χ1v) is 14.4. The number of benzene rings is 2. The summed E-state index contributed by atoms with van der Waals surface area (Å²) in [4.78, 5) is 17.8. The fraction of sp³-hybridized carbons (Fsp3) is 0.357. The Hall–Kier alpha value is -3.99. The van der Waals surface area contributed by atoms with E-state index in [2.05, 4.69) is 25.4 Å². The van der Waals surface area contributed by atoms with Crippen LogP contribution in [0.15, 0.2) is 59.0 Å². The number of amides is 1. The van der Waals surface area contributed by atoms with Crippen molar-refractivity contribution >= 4 is 33.0 Å². The lowest BCUT2D eigenvalue weighted by Crippen LogP contribution is -2.20. The van der Waals surface area contributed by atoms with E-state index >= 15 is 0 Å². The van der Waals surface area contributed by atoms with Crippen molar-refractivity contribution in [3.63, 3.8) is 0 Å². The number of nitrogens with one attached hydrogen (secondary N) is 2. The SMILES string of the molecule is COc1c(NC(=O)c2ccc(C)c(N3CC(c4cccnc4C)N=N3)c2)cc(C(C)(C)C)cc1NS(C)(=O)=O. The van der Waals surface area contributed by atoms with E-state index in [9.17, 15) is 13.2 Å². The lowest BCUT2D eigenvalue weighted by Gasteiger charge is -2.24. The van der Waals surface area contributed by atoms with E-state index in [4.69, 9.17) is 4.74 Å². The van der Waals surface area contributed by atoms with Gasteiger partial charge in [0.25, 0.3) is 5.91 Å². The molecule has 0 spiro atoms. The standard InChI is InChI=1S/C28H34N6O4S/c1-17-10-11-19(13-25(17)34-16-24(31-33-34)21-9-8-12-29-18(21)2)27(35)30-22-14-20(28(3,4)5)15-23(26(22)38-6)32-39(7,36)37/h8-15,24,32H,16H2,1-7H3,(H,30,35). The van der Waals surface area contributed by atoms with Crippen LogP contribution in [0.3, 0.4) is 0 Å². The second kappa shape index (κ2) is 10.6. The third-order valence-electron chi connectivity index (χ3n) is 6.50. The molecule has 1 atom stereocenters. The second-order valence-corrected chi connectivity index (χ2v) is 12.4. The largest absolute Gasteiger partial charge is 0.492 e.